The Hall–Kier alpha value is -2.91. The molecular formula is C21H17BrN4O3S. The third-order valence-electron chi connectivity index (χ3n) is 5.00. The molecule has 152 valence electrons. The quantitative estimate of drug-likeness (QED) is 0.618. The Morgan fingerprint density at radius 3 is 2.90 bits per heavy atom. The fourth-order valence-electron chi connectivity index (χ4n) is 3.63. The molecule has 0 saturated carbocycles. The van der Waals surface area contributed by atoms with Crippen molar-refractivity contribution in [1.82, 2.24) is 4.57 Å². The molecule has 3 aromatic rings. The van der Waals surface area contributed by atoms with Crippen LogP contribution in [0.15, 0.2) is 56.7 Å². The van der Waals surface area contributed by atoms with E-state index >= 15 is 0 Å². The number of hydrogen-bond donors (Lipinski definition) is 1. The molecule has 2 aliphatic heterocycles. The predicted molar refractivity (Wildman–Crippen MR) is 120 cm³/mol. The fraction of sp³-hybridized carbons (Fsp3) is 0.190. The Labute approximate surface area is 184 Å². The van der Waals surface area contributed by atoms with Gasteiger partial charge in [0.05, 0.1) is 12.2 Å². The van der Waals surface area contributed by atoms with E-state index in [1.54, 1.807) is 16.7 Å². The average molecular weight is 485 g/mol. The van der Waals surface area contributed by atoms with Crippen LogP contribution >= 0.6 is 27.3 Å². The number of aromatic nitrogens is 1. The standard InChI is InChI=1S/C21H17BrN4O3S/c1-2-29-14-6-7-16-15(9-14)17(19(27)24-16)18-20(28)26-11-25(10-23-21(26)30-18)13-5-3-4-12(22)8-13/h3-9H,2,10-11H2,1H3,(H,24,27). The Balaban J connectivity index is 1.63. The molecule has 0 bridgehead atoms. The van der Waals surface area contributed by atoms with Crippen LogP contribution in [0.4, 0.5) is 11.4 Å². The van der Waals surface area contributed by atoms with Crippen LogP contribution in [0.25, 0.3) is 5.57 Å². The largest absolute Gasteiger partial charge is 0.494 e. The van der Waals surface area contributed by atoms with Crippen LogP contribution < -0.4 is 29.8 Å². The van der Waals surface area contributed by atoms with E-state index in [2.05, 4.69) is 26.2 Å². The van der Waals surface area contributed by atoms with Gasteiger partial charge in [-0.3, -0.25) is 14.2 Å². The molecule has 30 heavy (non-hydrogen) atoms. The third-order valence-corrected chi connectivity index (χ3v) is 6.61. The molecule has 0 unspecified atom stereocenters. The molecule has 0 aliphatic carbocycles. The summed E-state index contributed by atoms with van der Waals surface area (Å²) in [6.07, 6.45) is 0. The van der Waals surface area contributed by atoms with E-state index in [-0.39, 0.29) is 11.5 Å². The van der Waals surface area contributed by atoms with Crippen molar-refractivity contribution in [2.75, 3.05) is 23.5 Å². The number of halogens is 1. The number of rotatable bonds is 3. The summed E-state index contributed by atoms with van der Waals surface area (Å²) < 4.78 is 8.55. The lowest BCUT2D eigenvalue weighted by Gasteiger charge is -2.25. The molecule has 0 atom stereocenters. The van der Waals surface area contributed by atoms with Gasteiger partial charge in [0.2, 0.25) is 0 Å². The van der Waals surface area contributed by atoms with Crippen LogP contribution in [-0.4, -0.2) is 23.7 Å². The number of thiazole rings is 1. The van der Waals surface area contributed by atoms with Gasteiger partial charge in [0, 0.05) is 21.4 Å². The Bertz CT molecular complexity index is 1360. The maximum absolute atomic E-state index is 13.3. The second-order valence-electron chi connectivity index (χ2n) is 6.88. The number of nitrogens with zero attached hydrogens (tertiary/aromatic N) is 3. The maximum Gasteiger partial charge on any atom is 0.272 e. The van der Waals surface area contributed by atoms with Crippen molar-refractivity contribution in [3.05, 3.63) is 72.2 Å². The highest BCUT2D eigenvalue weighted by Crippen LogP contribution is 2.33. The van der Waals surface area contributed by atoms with Crippen molar-refractivity contribution in [1.29, 1.82) is 0 Å². The van der Waals surface area contributed by atoms with E-state index < -0.39 is 0 Å². The summed E-state index contributed by atoms with van der Waals surface area (Å²) in [5.41, 5.74) is 2.51. The van der Waals surface area contributed by atoms with Crippen LogP contribution in [0.1, 0.15) is 12.5 Å². The number of benzene rings is 2. The monoisotopic (exact) mass is 484 g/mol. The van der Waals surface area contributed by atoms with E-state index in [1.165, 1.54) is 11.3 Å². The van der Waals surface area contributed by atoms with Gasteiger partial charge in [0.1, 0.15) is 23.6 Å². The van der Waals surface area contributed by atoms with Gasteiger partial charge in [-0.05, 0) is 43.3 Å². The fourth-order valence-corrected chi connectivity index (χ4v) is 5.07. The smallest absolute Gasteiger partial charge is 0.272 e. The first-order valence-electron chi connectivity index (χ1n) is 9.42. The molecule has 1 aromatic heterocycles. The first kappa shape index (κ1) is 19.1. The van der Waals surface area contributed by atoms with E-state index in [1.807, 2.05) is 42.2 Å². The van der Waals surface area contributed by atoms with Gasteiger partial charge in [-0.1, -0.05) is 33.3 Å². The minimum Gasteiger partial charge on any atom is -0.494 e. The summed E-state index contributed by atoms with van der Waals surface area (Å²) in [4.78, 5) is 33.2. The lowest BCUT2D eigenvalue weighted by Crippen LogP contribution is -2.43. The summed E-state index contributed by atoms with van der Waals surface area (Å²) in [5.74, 6) is 0.385. The van der Waals surface area contributed by atoms with Gasteiger partial charge < -0.3 is 15.0 Å². The van der Waals surface area contributed by atoms with Gasteiger partial charge >= 0.3 is 0 Å². The maximum atomic E-state index is 13.3. The molecule has 9 heteroatoms. The molecule has 0 fully saturated rings. The summed E-state index contributed by atoms with van der Waals surface area (Å²) in [5, 5.41) is 2.84. The number of ether oxygens (including phenoxy) is 1. The van der Waals surface area contributed by atoms with Gasteiger partial charge in [0.15, 0.2) is 4.80 Å². The number of hydrogen-bond acceptors (Lipinski definition) is 6. The second kappa shape index (κ2) is 7.41. The molecule has 7 nitrogen and oxygen atoms in total. The Kier molecular flexibility index (Phi) is 4.71. The summed E-state index contributed by atoms with van der Waals surface area (Å²) >= 11 is 4.74. The van der Waals surface area contributed by atoms with Crippen molar-refractivity contribution >= 4 is 50.1 Å². The number of fused-ring (bicyclic) bond motifs is 2. The van der Waals surface area contributed by atoms with Crippen LogP contribution in [0, 0.1) is 0 Å². The molecule has 1 N–H and O–H groups in total. The molecule has 2 aromatic carbocycles. The molecular weight excluding hydrogens is 468 g/mol. The Morgan fingerprint density at radius 2 is 2.10 bits per heavy atom. The first-order chi connectivity index (χ1) is 14.5. The topological polar surface area (TPSA) is 75.9 Å². The number of anilines is 2. The molecule has 1 amide bonds. The number of amides is 1. The number of carbonyl (C=O) groups is 1. The highest BCUT2D eigenvalue weighted by molar-refractivity contribution is 9.10. The average Bonchev–Trinajstić information content (AvgIpc) is 3.23. The summed E-state index contributed by atoms with van der Waals surface area (Å²) in [6.45, 7) is 3.25. The Morgan fingerprint density at radius 1 is 1.23 bits per heavy atom. The van der Waals surface area contributed by atoms with E-state index in [9.17, 15) is 9.59 Å². The summed E-state index contributed by atoms with van der Waals surface area (Å²) in [6, 6.07) is 13.3. The second-order valence-corrected chi connectivity index (χ2v) is 8.77. The van der Waals surface area contributed by atoms with E-state index in [0.29, 0.717) is 51.9 Å². The molecule has 0 spiro atoms. The van der Waals surface area contributed by atoms with Crippen LogP contribution in [0.5, 0.6) is 5.75 Å². The van der Waals surface area contributed by atoms with Gasteiger partial charge in [0.25, 0.3) is 11.5 Å². The van der Waals surface area contributed by atoms with Gasteiger partial charge in [-0.15, -0.1) is 0 Å². The zero-order valence-electron chi connectivity index (χ0n) is 16.0. The van der Waals surface area contributed by atoms with E-state index in [0.717, 1.165) is 10.2 Å². The lowest BCUT2D eigenvalue weighted by atomic mass is 10.1. The molecule has 2 aliphatic rings. The van der Waals surface area contributed by atoms with Gasteiger partial charge in [-0.25, -0.2) is 4.99 Å². The van der Waals surface area contributed by atoms with Gasteiger partial charge in [-0.2, -0.15) is 0 Å². The molecule has 3 heterocycles. The van der Waals surface area contributed by atoms with Crippen LogP contribution in [-0.2, 0) is 11.5 Å². The molecule has 0 saturated heterocycles. The van der Waals surface area contributed by atoms with Crippen LogP contribution in [0.3, 0.4) is 0 Å². The first-order valence-corrected chi connectivity index (χ1v) is 11.0. The predicted octanol–water partition coefficient (Wildman–Crippen LogP) is 2.28. The van der Waals surface area contributed by atoms with Crippen molar-refractivity contribution < 1.29 is 9.53 Å². The van der Waals surface area contributed by atoms with Crippen molar-refractivity contribution in [3.63, 3.8) is 0 Å². The van der Waals surface area contributed by atoms with Crippen molar-refractivity contribution in [2.45, 2.75) is 13.6 Å². The minimum absolute atomic E-state index is 0.210. The number of nitrogens with one attached hydrogen (secondary N) is 1. The van der Waals surface area contributed by atoms with Crippen molar-refractivity contribution in [3.8, 4) is 5.75 Å². The molecule has 0 radical (unpaired) electrons. The van der Waals surface area contributed by atoms with E-state index in [4.69, 9.17) is 4.74 Å². The van der Waals surface area contributed by atoms with Crippen molar-refractivity contribution in [2.24, 2.45) is 4.99 Å². The summed E-state index contributed by atoms with van der Waals surface area (Å²) in [7, 11) is 0. The number of carbonyl (C=O) groups excluding carboxylic acids is 1. The molecule has 5 rings (SSSR count). The highest BCUT2D eigenvalue weighted by Gasteiger charge is 2.28. The highest BCUT2D eigenvalue weighted by atomic mass is 79.9. The zero-order chi connectivity index (χ0) is 20.8. The normalized spacial score (nSPS) is 16.6. The minimum atomic E-state index is -0.279. The zero-order valence-corrected chi connectivity index (χ0v) is 18.4. The lowest BCUT2D eigenvalue weighted by molar-refractivity contribution is -0.110. The third kappa shape index (κ3) is 3.14. The van der Waals surface area contributed by atoms with Crippen LogP contribution in [0.2, 0.25) is 0 Å². The SMILES string of the molecule is CCOc1ccc2c(c1)C(=c1sc3n(c1=O)CN(c1cccc(Br)c1)CN=3)C(=O)N2.